The fraction of sp³-hybridized carbons (Fsp3) is 0.462. The van der Waals surface area contributed by atoms with Gasteiger partial charge in [0.05, 0.1) is 22.5 Å². The quantitative estimate of drug-likeness (QED) is 0.362. The molecule has 1 aliphatic heterocycles. The Morgan fingerprint density at radius 3 is 2.19 bits per heavy atom. The van der Waals surface area contributed by atoms with Crippen LogP contribution in [0.1, 0.15) is 64.8 Å². The molecule has 4 rings (SSSR count). The van der Waals surface area contributed by atoms with Gasteiger partial charge >= 0.3 is 5.69 Å². The molecule has 0 spiro atoms. The van der Waals surface area contributed by atoms with Crippen LogP contribution in [-0.4, -0.2) is 60.5 Å². The minimum atomic E-state index is -0.721. The van der Waals surface area contributed by atoms with Crippen LogP contribution in [-0.2, 0) is 4.79 Å². The Kier molecular flexibility index (Phi) is 7.32. The first-order valence-electron chi connectivity index (χ1n) is 12.3. The van der Waals surface area contributed by atoms with Gasteiger partial charge in [-0.1, -0.05) is 45.9 Å². The van der Waals surface area contributed by atoms with Crippen molar-refractivity contribution in [2.24, 2.45) is 0 Å². The lowest BCUT2D eigenvalue weighted by atomic mass is 10.0. The first-order valence-corrected chi connectivity index (χ1v) is 12.7. The minimum Gasteiger partial charge on any atom is -0.352 e. The van der Waals surface area contributed by atoms with Crippen LogP contribution in [0.15, 0.2) is 29.8 Å². The molecule has 1 amide bonds. The molecule has 4 heterocycles. The third-order valence-corrected chi connectivity index (χ3v) is 6.87. The normalized spacial score (nSPS) is 18.2. The van der Waals surface area contributed by atoms with Gasteiger partial charge in [-0.25, -0.2) is 28.7 Å². The SMILES string of the molecule is C=CC(=O)N1[C@H](C)CN(c2nc(=O)n(-c3c(C(C)C)ncnc3C(C)C)c3nc(Cl)c(F)cc23)C[C@@H]1C. The van der Waals surface area contributed by atoms with Gasteiger partial charge < -0.3 is 9.80 Å². The maximum Gasteiger partial charge on any atom is 0.355 e. The highest BCUT2D eigenvalue weighted by Gasteiger charge is 2.34. The van der Waals surface area contributed by atoms with E-state index in [9.17, 15) is 14.0 Å². The number of aromatic nitrogens is 5. The van der Waals surface area contributed by atoms with Gasteiger partial charge in [0.2, 0.25) is 5.91 Å². The number of hydrogen-bond donors (Lipinski definition) is 0. The molecule has 11 heteroatoms. The van der Waals surface area contributed by atoms with Crippen molar-refractivity contribution in [3.05, 3.63) is 57.9 Å². The molecule has 0 aromatic carbocycles. The van der Waals surface area contributed by atoms with Crippen LogP contribution in [0.25, 0.3) is 16.7 Å². The number of carbonyl (C=O) groups excluding carboxylic acids is 1. The van der Waals surface area contributed by atoms with Gasteiger partial charge in [0.1, 0.15) is 12.1 Å². The summed E-state index contributed by atoms with van der Waals surface area (Å²) in [7, 11) is 0. The van der Waals surface area contributed by atoms with E-state index >= 15 is 0 Å². The van der Waals surface area contributed by atoms with E-state index in [2.05, 4.69) is 26.5 Å². The second kappa shape index (κ2) is 10.2. The highest BCUT2D eigenvalue weighted by molar-refractivity contribution is 6.30. The summed E-state index contributed by atoms with van der Waals surface area (Å²) >= 11 is 6.14. The molecule has 3 aromatic rings. The third kappa shape index (κ3) is 4.70. The lowest BCUT2D eigenvalue weighted by Gasteiger charge is -2.44. The summed E-state index contributed by atoms with van der Waals surface area (Å²) in [4.78, 5) is 47.4. The molecule has 2 atom stereocenters. The van der Waals surface area contributed by atoms with Gasteiger partial charge in [0.25, 0.3) is 0 Å². The first kappa shape index (κ1) is 26.7. The zero-order valence-corrected chi connectivity index (χ0v) is 22.6. The molecule has 1 fully saturated rings. The van der Waals surface area contributed by atoms with E-state index in [-0.39, 0.29) is 46.4 Å². The lowest BCUT2D eigenvalue weighted by Crippen LogP contribution is -2.58. The Morgan fingerprint density at radius 2 is 1.68 bits per heavy atom. The predicted octanol–water partition coefficient (Wildman–Crippen LogP) is 4.22. The van der Waals surface area contributed by atoms with Crippen LogP contribution in [0.4, 0.5) is 10.2 Å². The van der Waals surface area contributed by atoms with Crippen LogP contribution < -0.4 is 10.6 Å². The molecular formula is C26H31ClFN7O2. The molecule has 1 aliphatic rings. The van der Waals surface area contributed by atoms with Crippen LogP contribution in [0.2, 0.25) is 5.15 Å². The highest BCUT2D eigenvalue weighted by atomic mass is 35.5. The molecule has 0 bridgehead atoms. The Bertz CT molecular complexity index is 1400. The predicted molar refractivity (Wildman–Crippen MR) is 142 cm³/mol. The van der Waals surface area contributed by atoms with E-state index in [0.717, 1.165) is 0 Å². The average Bonchev–Trinajstić information content (AvgIpc) is 2.83. The zero-order valence-electron chi connectivity index (χ0n) is 21.9. The Labute approximate surface area is 220 Å². The first-order chi connectivity index (χ1) is 17.5. The van der Waals surface area contributed by atoms with Crippen LogP contribution in [0.3, 0.4) is 0 Å². The van der Waals surface area contributed by atoms with Crippen molar-refractivity contribution in [1.82, 2.24) is 29.4 Å². The smallest absolute Gasteiger partial charge is 0.352 e. The van der Waals surface area contributed by atoms with E-state index in [1.54, 1.807) is 4.90 Å². The van der Waals surface area contributed by atoms with Gasteiger partial charge in [-0.15, -0.1) is 0 Å². The molecule has 196 valence electrons. The summed E-state index contributed by atoms with van der Waals surface area (Å²) in [5.41, 5.74) is 1.36. The summed E-state index contributed by atoms with van der Waals surface area (Å²) < 4.78 is 16.1. The van der Waals surface area contributed by atoms with Crippen molar-refractivity contribution in [2.45, 2.75) is 65.5 Å². The second-order valence-electron chi connectivity index (χ2n) is 10.0. The van der Waals surface area contributed by atoms with Crippen LogP contribution in [0, 0.1) is 5.82 Å². The number of pyridine rings is 1. The van der Waals surface area contributed by atoms with Gasteiger partial charge in [0, 0.05) is 25.2 Å². The molecule has 0 unspecified atom stereocenters. The number of nitrogens with zero attached hydrogens (tertiary/aromatic N) is 7. The van der Waals surface area contributed by atoms with Crippen LogP contribution in [0.5, 0.6) is 0 Å². The molecule has 0 N–H and O–H groups in total. The molecular weight excluding hydrogens is 497 g/mol. The zero-order chi connectivity index (χ0) is 27.2. The largest absolute Gasteiger partial charge is 0.355 e. The summed E-state index contributed by atoms with van der Waals surface area (Å²) in [5.74, 6) is -0.673. The molecule has 0 saturated carbocycles. The summed E-state index contributed by atoms with van der Waals surface area (Å²) in [6.07, 6.45) is 2.77. The summed E-state index contributed by atoms with van der Waals surface area (Å²) in [6, 6.07) is 0.871. The number of hydrogen-bond acceptors (Lipinski definition) is 7. The number of carbonyl (C=O) groups is 1. The number of amides is 1. The van der Waals surface area contributed by atoms with Crippen molar-refractivity contribution in [1.29, 1.82) is 0 Å². The molecule has 1 saturated heterocycles. The van der Waals surface area contributed by atoms with E-state index in [4.69, 9.17) is 11.6 Å². The molecule has 3 aromatic heterocycles. The maximum atomic E-state index is 14.8. The fourth-order valence-electron chi connectivity index (χ4n) is 5.04. The molecule has 0 radical (unpaired) electrons. The van der Waals surface area contributed by atoms with Crippen molar-refractivity contribution in [3.63, 3.8) is 0 Å². The third-order valence-electron chi connectivity index (χ3n) is 6.60. The van der Waals surface area contributed by atoms with E-state index in [0.29, 0.717) is 35.6 Å². The minimum absolute atomic E-state index is 0.0368. The monoisotopic (exact) mass is 527 g/mol. The standard InChI is InChI=1S/C26H31ClFN7O2/c1-8-19(36)34-15(6)10-33(11-16(34)7)24-17-9-18(28)23(27)31-25(17)35(26(37)32-24)22-20(13(2)3)29-12-30-21(22)14(4)5/h8-9,12-16H,1,10-11H2,2-7H3/t15-,16+. The maximum absolute atomic E-state index is 14.8. The number of rotatable bonds is 5. The van der Waals surface area contributed by atoms with Crippen molar-refractivity contribution < 1.29 is 9.18 Å². The van der Waals surface area contributed by atoms with Gasteiger partial charge in [0.15, 0.2) is 16.6 Å². The van der Waals surface area contributed by atoms with Gasteiger partial charge in [-0.2, -0.15) is 4.98 Å². The summed E-state index contributed by atoms with van der Waals surface area (Å²) in [5, 5.41) is -0.0207. The number of fused-ring (bicyclic) bond motifs is 1. The average molecular weight is 528 g/mol. The number of anilines is 1. The van der Waals surface area contributed by atoms with Gasteiger partial charge in [-0.3, -0.25) is 4.79 Å². The topological polar surface area (TPSA) is 97.1 Å². The number of halogens is 2. The van der Waals surface area contributed by atoms with E-state index in [1.165, 1.54) is 23.0 Å². The van der Waals surface area contributed by atoms with Crippen molar-refractivity contribution >= 4 is 34.4 Å². The molecule has 0 aliphatic carbocycles. The van der Waals surface area contributed by atoms with E-state index < -0.39 is 11.5 Å². The number of piperazine rings is 1. The molecule has 9 nitrogen and oxygen atoms in total. The Hall–Kier alpha value is -3.40. The van der Waals surface area contributed by atoms with Gasteiger partial charge in [-0.05, 0) is 37.8 Å². The Balaban J connectivity index is 2.00. The Morgan fingerprint density at radius 1 is 1.11 bits per heavy atom. The van der Waals surface area contributed by atoms with Crippen molar-refractivity contribution in [3.8, 4) is 5.69 Å². The lowest BCUT2D eigenvalue weighted by molar-refractivity contribution is -0.130. The summed E-state index contributed by atoms with van der Waals surface area (Å²) in [6.45, 7) is 16.1. The fourth-order valence-corrected chi connectivity index (χ4v) is 5.18. The molecule has 37 heavy (non-hydrogen) atoms. The second-order valence-corrected chi connectivity index (χ2v) is 10.4. The van der Waals surface area contributed by atoms with Crippen molar-refractivity contribution in [2.75, 3.05) is 18.0 Å². The van der Waals surface area contributed by atoms with E-state index in [1.807, 2.05) is 46.4 Å². The van der Waals surface area contributed by atoms with Crippen LogP contribution >= 0.6 is 11.6 Å². The highest BCUT2D eigenvalue weighted by Crippen LogP contribution is 2.33.